The first-order valence-corrected chi connectivity index (χ1v) is 11.1. The molecule has 152 valence electrons. The molecule has 6 heteroatoms. The standard InChI is InChI=1S/C22H28ClNO3S/c1-4-22(26,5-2)20-14-24(13-15-7-6-8-15)21(28-20)12-18(25)17-11-16(23)9-10-19(17)27-3/h9-12,14-15,26H,4-8,13H2,1-3H3. The van der Waals surface area contributed by atoms with Gasteiger partial charge in [0.2, 0.25) is 0 Å². The van der Waals surface area contributed by atoms with E-state index in [1.165, 1.54) is 31.0 Å². The van der Waals surface area contributed by atoms with Gasteiger partial charge in [-0.05, 0) is 49.8 Å². The molecule has 1 N–H and O–H groups in total. The average molecular weight is 422 g/mol. The fourth-order valence-corrected chi connectivity index (χ4v) is 4.95. The predicted octanol–water partition coefficient (Wildman–Crippen LogP) is 5.61. The van der Waals surface area contributed by atoms with Crippen molar-refractivity contribution in [2.24, 2.45) is 5.92 Å². The Labute approximate surface area is 176 Å². The van der Waals surface area contributed by atoms with E-state index in [0.29, 0.717) is 35.1 Å². The van der Waals surface area contributed by atoms with E-state index < -0.39 is 5.60 Å². The van der Waals surface area contributed by atoms with Crippen molar-refractivity contribution < 1.29 is 14.6 Å². The van der Waals surface area contributed by atoms with Crippen LogP contribution in [0.4, 0.5) is 0 Å². The zero-order chi connectivity index (χ0) is 20.3. The Morgan fingerprint density at radius 2 is 2.11 bits per heavy atom. The number of halogens is 1. The summed E-state index contributed by atoms with van der Waals surface area (Å²) in [5, 5.41) is 12.3. The van der Waals surface area contributed by atoms with Crippen LogP contribution in [0.15, 0.2) is 40.4 Å². The van der Waals surface area contributed by atoms with Crippen LogP contribution in [0, 0.1) is 5.92 Å². The first-order chi connectivity index (χ1) is 13.4. The Bertz CT molecular complexity index is 797. The minimum Gasteiger partial charge on any atom is -0.496 e. The highest BCUT2D eigenvalue weighted by molar-refractivity contribution is 8.07. The number of thioether (sulfide) groups is 1. The first kappa shape index (κ1) is 21.3. The van der Waals surface area contributed by atoms with E-state index in [1.807, 2.05) is 20.0 Å². The molecule has 3 rings (SSSR count). The van der Waals surface area contributed by atoms with Crippen molar-refractivity contribution in [3.63, 3.8) is 0 Å². The van der Waals surface area contributed by atoms with E-state index in [9.17, 15) is 9.90 Å². The summed E-state index contributed by atoms with van der Waals surface area (Å²) in [6.07, 6.45) is 8.68. The van der Waals surface area contributed by atoms with Gasteiger partial charge in [0.05, 0.1) is 23.3 Å². The Hall–Kier alpha value is -1.43. The predicted molar refractivity (Wildman–Crippen MR) is 116 cm³/mol. The second-order valence-corrected chi connectivity index (χ2v) is 8.97. The van der Waals surface area contributed by atoms with E-state index >= 15 is 0 Å². The molecular weight excluding hydrogens is 394 g/mol. The van der Waals surface area contributed by atoms with Crippen LogP contribution < -0.4 is 4.74 Å². The number of rotatable bonds is 8. The highest BCUT2D eigenvalue weighted by Crippen LogP contribution is 2.46. The number of hydrogen-bond donors (Lipinski definition) is 1. The summed E-state index contributed by atoms with van der Waals surface area (Å²) in [5.41, 5.74) is -0.407. The molecule has 1 aliphatic heterocycles. The van der Waals surface area contributed by atoms with Crippen molar-refractivity contribution in [3.05, 3.63) is 51.0 Å². The molecule has 0 atom stereocenters. The molecule has 0 spiro atoms. The number of carbonyl (C=O) groups excluding carboxylic acids is 1. The summed E-state index contributed by atoms with van der Waals surface area (Å²) in [6.45, 7) is 4.86. The topological polar surface area (TPSA) is 49.8 Å². The number of allylic oxidation sites excluding steroid dienone is 1. The highest BCUT2D eigenvalue weighted by Gasteiger charge is 2.35. The van der Waals surface area contributed by atoms with Gasteiger partial charge in [-0.2, -0.15) is 0 Å². The molecule has 0 unspecified atom stereocenters. The van der Waals surface area contributed by atoms with E-state index in [0.717, 1.165) is 16.5 Å². The molecule has 4 nitrogen and oxygen atoms in total. The van der Waals surface area contributed by atoms with Gasteiger partial charge >= 0.3 is 0 Å². The molecule has 1 heterocycles. The summed E-state index contributed by atoms with van der Waals surface area (Å²) in [4.78, 5) is 16.0. The van der Waals surface area contributed by atoms with Gasteiger partial charge in [-0.25, -0.2) is 0 Å². The van der Waals surface area contributed by atoms with Crippen LogP contribution in [0.25, 0.3) is 0 Å². The van der Waals surface area contributed by atoms with Crippen LogP contribution in [-0.2, 0) is 0 Å². The van der Waals surface area contributed by atoms with Gasteiger partial charge in [-0.15, -0.1) is 0 Å². The highest BCUT2D eigenvalue weighted by atomic mass is 35.5. The fourth-order valence-electron chi connectivity index (χ4n) is 3.49. The van der Waals surface area contributed by atoms with Gasteiger partial charge in [0.25, 0.3) is 0 Å². The molecule has 1 aliphatic carbocycles. The normalized spacial score (nSPS) is 19.0. The fraction of sp³-hybridized carbons (Fsp3) is 0.500. The van der Waals surface area contributed by atoms with E-state index in [1.54, 1.807) is 31.4 Å². The molecule has 0 bridgehead atoms. The van der Waals surface area contributed by atoms with Gasteiger partial charge in [0.1, 0.15) is 5.75 Å². The number of methoxy groups -OCH3 is 1. The van der Waals surface area contributed by atoms with Crippen molar-refractivity contribution in [1.29, 1.82) is 0 Å². The zero-order valence-electron chi connectivity index (χ0n) is 16.7. The number of nitrogens with zero attached hydrogens (tertiary/aromatic N) is 1. The Morgan fingerprint density at radius 1 is 1.39 bits per heavy atom. The monoisotopic (exact) mass is 421 g/mol. The molecule has 0 aromatic heterocycles. The minimum absolute atomic E-state index is 0.147. The second kappa shape index (κ2) is 8.93. The second-order valence-electron chi connectivity index (χ2n) is 7.47. The maximum atomic E-state index is 13.0. The van der Waals surface area contributed by atoms with Gasteiger partial charge < -0.3 is 14.7 Å². The summed E-state index contributed by atoms with van der Waals surface area (Å²) in [7, 11) is 1.54. The Morgan fingerprint density at radius 3 is 2.68 bits per heavy atom. The Balaban J connectivity index is 1.90. The van der Waals surface area contributed by atoms with Crippen LogP contribution >= 0.6 is 23.4 Å². The molecule has 2 aliphatic rings. The molecule has 0 saturated heterocycles. The molecule has 1 saturated carbocycles. The third-order valence-electron chi connectivity index (χ3n) is 5.76. The SMILES string of the molecule is CCC(O)(CC)C1=CN(CC2CCC2)C(=CC(=O)c2cc(Cl)ccc2OC)S1. The smallest absolute Gasteiger partial charge is 0.192 e. The van der Waals surface area contributed by atoms with E-state index in [2.05, 4.69) is 4.90 Å². The molecule has 1 aromatic carbocycles. The van der Waals surface area contributed by atoms with E-state index in [4.69, 9.17) is 16.3 Å². The summed E-state index contributed by atoms with van der Waals surface area (Å²) in [6, 6.07) is 5.05. The number of carbonyl (C=O) groups is 1. The van der Waals surface area contributed by atoms with Gasteiger partial charge in [-0.3, -0.25) is 4.79 Å². The third kappa shape index (κ3) is 4.42. The third-order valence-corrected chi connectivity index (χ3v) is 7.26. The summed E-state index contributed by atoms with van der Waals surface area (Å²) < 4.78 is 5.33. The summed E-state index contributed by atoms with van der Waals surface area (Å²) in [5.74, 6) is 1.00. The lowest BCUT2D eigenvalue weighted by molar-refractivity contribution is 0.0780. The number of benzene rings is 1. The van der Waals surface area contributed by atoms with Crippen LogP contribution in [0.5, 0.6) is 5.75 Å². The lowest BCUT2D eigenvalue weighted by Crippen LogP contribution is -2.28. The van der Waals surface area contributed by atoms with Crippen molar-refractivity contribution in [2.75, 3.05) is 13.7 Å². The number of aliphatic hydroxyl groups is 1. The lowest BCUT2D eigenvalue weighted by Gasteiger charge is -2.30. The Kier molecular flexibility index (Phi) is 6.79. The van der Waals surface area contributed by atoms with Gasteiger partial charge in [-0.1, -0.05) is 43.6 Å². The zero-order valence-corrected chi connectivity index (χ0v) is 18.3. The molecular formula is C22H28ClNO3S. The van der Waals surface area contributed by atoms with Crippen molar-refractivity contribution in [2.45, 2.75) is 51.6 Å². The maximum Gasteiger partial charge on any atom is 0.192 e. The molecule has 28 heavy (non-hydrogen) atoms. The van der Waals surface area contributed by atoms with Crippen LogP contribution in [0.3, 0.4) is 0 Å². The van der Waals surface area contributed by atoms with Crippen LogP contribution in [0.1, 0.15) is 56.3 Å². The first-order valence-electron chi connectivity index (χ1n) is 9.89. The molecule has 1 aromatic rings. The van der Waals surface area contributed by atoms with Crippen LogP contribution in [0.2, 0.25) is 5.02 Å². The summed E-state index contributed by atoms with van der Waals surface area (Å²) >= 11 is 7.59. The van der Waals surface area contributed by atoms with Gasteiger partial charge in [0.15, 0.2) is 5.78 Å². The maximum absolute atomic E-state index is 13.0. The van der Waals surface area contributed by atoms with Crippen molar-refractivity contribution in [3.8, 4) is 5.75 Å². The quantitative estimate of drug-likeness (QED) is 0.436. The molecule has 0 amide bonds. The number of ether oxygens (including phenoxy) is 1. The average Bonchev–Trinajstić information content (AvgIpc) is 3.07. The van der Waals surface area contributed by atoms with Gasteiger partial charge in [0, 0.05) is 28.7 Å². The largest absolute Gasteiger partial charge is 0.496 e. The van der Waals surface area contributed by atoms with Crippen molar-refractivity contribution in [1.82, 2.24) is 4.90 Å². The molecule has 1 fully saturated rings. The minimum atomic E-state index is -0.852. The number of hydrogen-bond acceptors (Lipinski definition) is 5. The van der Waals surface area contributed by atoms with E-state index in [-0.39, 0.29) is 5.78 Å². The van der Waals surface area contributed by atoms with Crippen LogP contribution in [-0.4, -0.2) is 35.0 Å². The lowest BCUT2D eigenvalue weighted by atomic mass is 9.85. The molecule has 0 radical (unpaired) electrons. The van der Waals surface area contributed by atoms with Crippen molar-refractivity contribution >= 4 is 29.1 Å². The number of ketones is 1.